The van der Waals surface area contributed by atoms with E-state index in [4.69, 9.17) is 4.74 Å². The molecule has 5 nitrogen and oxygen atoms in total. The lowest BCUT2D eigenvalue weighted by Crippen LogP contribution is -1.84. The van der Waals surface area contributed by atoms with Crippen molar-refractivity contribution in [2.24, 2.45) is 0 Å². The number of H-pyrrole nitrogens is 1. The zero-order valence-electron chi connectivity index (χ0n) is 9.62. The highest BCUT2D eigenvalue weighted by Crippen LogP contribution is 2.28. The third-order valence-electron chi connectivity index (χ3n) is 2.49. The average Bonchev–Trinajstić information content (AvgIpc) is 3.09. The fraction of sp³-hybridized carbons (Fsp3) is 0.0833. The van der Waals surface area contributed by atoms with Gasteiger partial charge in [-0.25, -0.2) is 9.97 Å². The summed E-state index contributed by atoms with van der Waals surface area (Å²) in [7, 11) is 1.65. The largest absolute Gasteiger partial charge is 0.497 e. The van der Waals surface area contributed by atoms with Crippen LogP contribution in [0.2, 0.25) is 0 Å². The smallest absolute Gasteiger partial charge is 0.184 e. The summed E-state index contributed by atoms with van der Waals surface area (Å²) in [6, 6.07) is 7.82. The summed E-state index contributed by atoms with van der Waals surface area (Å²) < 4.78 is 5.20. The molecule has 0 aliphatic rings. The van der Waals surface area contributed by atoms with E-state index in [1.165, 1.54) is 17.7 Å². The number of nitrogens with one attached hydrogen (secondary N) is 1. The zero-order valence-corrected chi connectivity index (χ0v) is 10.4. The van der Waals surface area contributed by atoms with E-state index in [2.05, 4.69) is 20.2 Å². The Bertz CT molecular complexity index is 648. The van der Waals surface area contributed by atoms with Gasteiger partial charge in [0.25, 0.3) is 0 Å². The third kappa shape index (κ3) is 1.98. The van der Waals surface area contributed by atoms with Gasteiger partial charge in [-0.15, -0.1) is 11.3 Å². The lowest BCUT2D eigenvalue weighted by atomic mass is 10.2. The highest BCUT2D eigenvalue weighted by atomic mass is 32.1. The van der Waals surface area contributed by atoms with Crippen LogP contribution < -0.4 is 4.74 Å². The van der Waals surface area contributed by atoms with Gasteiger partial charge in [0.05, 0.1) is 12.8 Å². The summed E-state index contributed by atoms with van der Waals surface area (Å²) in [5.41, 5.74) is 1.93. The molecule has 0 saturated heterocycles. The van der Waals surface area contributed by atoms with Gasteiger partial charge in [0.2, 0.25) is 0 Å². The summed E-state index contributed by atoms with van der Waals surface area (Å²) in [5, 5.41) is 9.44. The summed E-state index contributed by atoms with van der Waals surface area (Å²) in [5.74, 6) is 1.51. The molecule has 0 amide bonds. The van der Waals surface area contributed by atoms with Crippen molar-refractivity contribution in [1.82, 2.24) is 20.2 Å². The van der Waals surface area contributed by atoms with E-state index in [0.29, 0.717) is 5.82 Å². The normalized spacial score (nSPS) is 10.5. The SMILES string of the molecule is COc1cccc(-c2csc(-c3ncn[nH]3)n2)c1. The fourth-order valence-corrected chi connectivity index (χ4v) is 2.38. The minimum atomic E-state index is 0.689. The first-order chi connectivity index (χ1) is 8.86. The minimum absolute atomic E-state index is 0.689. The van der Waals surface area contributed by atoms with E-state index >= 15 is 0 Å². The Morgan fingerprint density at radius 1 is 1.33 bits per heavy atom. The molecule has 0 radical (unpaired) electrons. The Kier molecular flexibility index (Phi) is 2.77. The van der Waals surface area contributed by atoms with Crippen LogP contribution in [0.1, 0.15) is 0 Å². The number of benzene rings is 1. The van der Waals surface area contributed by atoms with Crippen LogP contribution in [0, 0.1) is 0 Å². The molecule has 2 aromatic heterocycles. The third-order valence-corrected chi connectivity index (χ3v) is 3.34. The molecule has 0 spiro atoms. The van der Waals surface area contributed by atoms with Crippen molar-refractivity contribution in [3.05, 3.63) is 36.0 Å². The molecule has 1 N–H and O–H groups in total. The maximum absolute atomic E-state index is 5.20. The second kappa shape index (κ2) is 4.58. The van der Waals surface area contributed by atoms with Crippen LogP contribution in [-0.2, 0) is 0 Å². The van der Waals surface area contributed by atoms with Crippen molar-refractivity contribution in [2.45, 2.75) is 0 Å². The topological polar surface area (TPSA) is 63.7 Å². The van der Waals surface area contributed by atoms with Crippen LogP contribution in [0.25, 0.3) is 22.1 Å². The van der Waals surface area contributed by atoms with Crippen molar-refractivity contribution in [1.29, 1.82) is 0 Å². The minimum Gasteiger partial charge on any atom is -0.497 e. The van der Waals surface area contributed by atoms with Crippen LogP contribution in [0.3, 0.4) is 0 Å². The fourth-order valence-electron chi connectivity index (χ4n) is 1.61. The van der Waals surface area contributed by atoms with Crippen molar-refractivity contribution < 1.29 is 4.74 Å². The predicted molar refractivity (Wildman–Crippen MR) is 69.5 cm³/mol. The number of hydrogen-bond acceptors (Lipinski definition) is 5. The van der Waals surface area contributed by atoms with Gasteiger partial charge in [-0.05, 0) is 12.1 Å². The zero-order chi connectivity index (χ0) is 12.4. The molecule has 3 aromatic rings. The maximum Gasteiger partial charge on any atom is 0.184 e. The molecule has 0 bridgehead atoms. The second-order valence-corrected chi connectivity index (χ2v) is 4.46. The van der Waals surface area contributed by atoms with E-state index in [0.717, 1.165) is 22.0 Å². The summed E-state index contributed by atoms with van der Waals surface area (Å²) in [6.07, 6.45) is 1.47. The van der Waals surface area contributed by atoms with E-state index in [9.17, 15) is 0 Å². The van der Waals surface area contributed by atoms with Crippen LogP contribution in [0.4, 0.5) is 0 Å². The number of nitrogens with zero attached hydrogens (tertiary/aromatic N) is 3. The van der Waals surface area contributed by atoms with E-state index in [1.54, 1.807) is 7.11 Å². The van der Waals surface area contributed by atoms with Gasteiger partial charge in [0.15, 0.2) is 10.8 Å². The molecular formula is C12H10N4OS. The van der Waals surface area contributed by atoms with Crippen molar-refractivity contribution in [3.8, 4) is 27.8 Å². The Hall–Kier alpha value is -2.21. The van der Waals surface area contributed by atoms with Crippen molar-refractivity contribution >= 4 is 11.3 Å². The van der Waals surface area contributed by atoms with Crippen LogP contribution in [0.5, 0.6) is 5.75 Å². The van der Waals surface area contributed by atoms with Crippen LogP contribution in [0.15, 0.2) is 36.0 Å². The van der Waals surface area contributed by atoms with Gasteiger partial charge in [0.1, 0.15) is 12.1 Å². The predicted octanol–water partition coefficient (Wildman–Crippen LogP) is 2.60. The van der Waals surface area contributed by atoms with Gasteiger partial charge in [-0.3, -0.25) is 5.10 Å². The van der Waals surface area contributed by atoms with E-state index in [1.807, 2.05) is 29.6 Å². The molecule has 0 atom stereocenters. The Labute approximate surface area is 108 Å². The molecule has 6 heteroatoms. The molecule has 0 saturated carbocycles. The molecule has 90 valence electrons. The highest BCUT2D eigenvalue weighted by molar-refractivity contribution is 7.13. The Balaban J connectivity index is 1.97. The van der Waals surface area contributed by atoms with Gasteiger partial charge < -0.3 is 4.74 Å². The molecule has 2 heterocycles. The van der Waals surface area contributed by atoms with Gasteiger partial charge in [-0.2, -0.15) is 5.10 Å². The second-order valence-electron chi connectivity index (χ2n) is 3.60. The van der Waals surface area contributed by atoms with Crippen LogP contribution in [-0.4, -0.2) is 27.3 Å². The number of rotatable bonds is 3. The van der Waals surface area contributed by atoms with Crippen LogP contribution >= 0.6 is 11.3 Å². The van der Waals surface area contributed by atoms with Crippen molar-refractivity contribution in [2.75, 3.05) is 7.11 Å². The number of aromatic amines is 1. The van der Waals surface area contributed by atoms with Gasteiger partial charge >= 0.3 is 0 Å². The Morgan fingerprint density at radius 2 is 2.28 bits per heavy atom. The standard InChI is InChI=1S/C12H10N4OS/c1-17-9-4-2-3-8(5-9)10-6-18-12(15-10)11-13-7-14-16-11/h2-7H,1H3,(H,13,14,16). The highest BCUT2D eigenvalue weighted by Gasteiger charge is 2.09. The van der Waals surface area contributed by atoms with Gasteiger partial charge in [0, 0.05) is 10.9 Å². The molecule has 0 aliphatic heterocycles. The summed E-state index contributed by atoms with van der Waals surface area (Å²) >= 11 is 1.53. The number of ether oxygens (including phenoxy) is 1. The number of thiazole rings is 1. The molecule has 1 aromatic carbocycles. The quantitative estimate of drug-likeness (QED) is 0.784. The number of methoxy groups -OCH3 is 1. The first-order valence-corrected chi connectivity index (χ1v) is 6.20. The number of hydrogen-bond donors (Lipinski definition) is 1. The molecule has 18 heavy (non-hydrogen) atoms. The first kappa shape index (κ1) is 10.9. The molecule has 0 unspecified atom stereocenters. The molecule has 0 fully saturated rings. The summed E-state index contributed by atoms with van der Waals surface area (Å²) in [4.78, 5) is 8.61. The molecule has 3 rings (SSSR count). The summed E-state index contributed by atoms with van der Waals surface area (Å²) in [6.45, 7) is 0. The lowest BCUT2D eigenvalue weighted by molar-refractivity contribution is 0.415. The lowest BCUT2D eigenvalue weighted by Gasteiger charge is -2.01. The van der Waals surface area contributed by atoms with Gasteiger partial charge in [-0.1, -0.05) is 12.1 Å². The van der Waals surface area contributed by atoms with Crippen molar-refractivity contribution in [3.63, 3.8) is 0 Å². The maximum atomic E-state index is 5.20. The Morgan fingerprint density at radius 3 is 3.06 bits per heavy atom. The molecular weight excluding hydrogens is 248 g/mol. The van der Waals surface area contributed by atoms with E-state index < -0.39 is 0 Å². The number of aromatic nitrogens is 4. The monoisotopic (exact) mass is 258 g/mol. The molecule has 0 aliphatic carbocycles. The average molecular weight is 258 g/mol. The van der Waals surface area contributed by atoms with E-state index in [-0.39, 0.29) is 0 Å². The first-order valence-electron chi connectivity index (χ1n) is 5.32.